The van der Waals surface area contributed by atoms with E-state index in [9.17, 15) is 14.9 Å². The molecule has 0 radical (unpaired) electrons. The number of nitro benzene ring substituents is 1. The molecule has 7 nitrogen and oxygen atoms in total. The van der Waals surface area contributed by atoms with Gasteiger partial charge in [0.05, 0.1) is 22.5 Å². The van der Waals surface area contributed by atoms with Crippen LogP contribution in [-0.4, -0.2) is 39.3 Å². The molecule has 2 aromatic rings. The van der Waals surface area contributed by atoms with Gasteiger partial charge in [0.2, 0.25) is 0 Å². The lowest BCUT2D eigenvalue weighted by Crippen LogP contribution is -2.35. The maximum atomic E-state index is 12.7. The highest BCUT2D eigenvalue weighted by molar-refractivity contribution is 8.26. The first-order valence-electron chi connectivity index (χ1n) is 8.73. The first kappa shape index (κ1) is 18.9. The lowest BCUT2D eigenvalue weighted by Gasteiger charge is -2.18. The predicted molar refractivity (Wildman–Crippen MR) is 110 cm³/mol. The van der Waals surface area contributed by atoms with E-state index in [-0.39, 0.29) is 17.7 Å². The molecule has 2 aliphatic rings. The SMILES string of the molecule is O=C1/C(=C\c2ccc(-c3cccc([N+](=O)[O-])c3)o2)SC(=S)N1C[C@@H]1CCCO1. The Balaban J connectivity index is 1.52. The van der Waals surface area contributed by atoms with E-state index in [2.05, 4.69) is 0 Å². The van der Waals surface area contributed by atoms with Crippen LogP contribution in [0.2, 0.25) is 0 Å². The Morgan fingerprint density at radius 2 is 2.21 bits per heavy atom. The molecule has 4 rings (SSSR count). The maximum Gasteiger partial charge on any atom is 0.270 e. The Morgan fingerprint density at radius 1 is 1.36 bits per heavy atom. The van der Waals surface area contributed by atoms with E-state index in [4.69, 9.17) is 21.4 Å². The number of rotatable bonds is 5. The van der Waals surface area contributed by atoms with E-state index in [1.54, 1.807) is 35.2 Å². The monoisotopic (exact) mass is 416 g/mol. The Bertz CT molecular complexity index is 978. The smallest absolute Gasteiger partial charge is 0.270 e. The molecule has 28 heavy (non-hydrogen) atoms. The van der Waals surface area contributed by atoms with Gasteiger partial charge in [-0.1, -0.05) is 36.1 Å². The number of nitro groups is 1. The summed E-state index contributed by atoms with van der Waals surface area (Å²) in [5.74, 6) is 0.822. The fourth-order valence-corrected chi connectivity index (χ4v) is 4.39. The summed E-state index contributed by atoms with van der Waals surface area (Å²) in [6.45, 7) is 1.20. The Morgan fingerprint density at radius 3 is 2.96 bits per heavy atom. The fraction of sp³-hybridized carbons (Fsp3) is 0.263. The van der Waals surface area contributed by atoms with Gasteiger partial charge in [-0.2, -0.15) is 0 Å². The second-order valence-corrected chi connectivity index (χ2v) is 8.11. The van der Waals surface area contributed by atoms with Crippen molar-refractivity contribution >= 4 is 46.0 Å². The maximum absolute atomic E-state index is 12.7. The summed E-state index contributed by atoms with van der Waals surface area (Å²) in [5.41, 5.74) is 0.588. The quantitative estimate of drug-likeness (QED) is 0.312. The molecule has 2 saturated heterocycles. The van der Waals surface area contributed by atoms with Crippen LogP contribution in [0.1, 0.15) is 18.6 Å². The van der Waals surface area contributed by atoms with E-state index in [0.29, 0.717) is 32.9 Å². The molecule has 2 aliphatic heterocycles. The van der Waals surface area contributed by atoms with Gasteiger partial charge in [-0.15, -0.1) is 0 Å². The number of hydrogen-bond acceptors (Lipinski definition) is 7. The zero-order chi connectivity index (χ0) is 19.7. The second kappa shape index (κ2) is 7.86. The molecule has 3 heterocycles. The van der Waals surface area contributed by atoms with Crippen LogP contribution >= 0.6 is 24.0 Å². The number of ether oxygens (including phenoxy) is 1. The number of furan rings is 1. The molecule has 1 atom stereocenters. The van der Waals surface area contributed by atoms with Crippen molar-refractivity contribution in [2.24, 2.45) is 0 Å². The number of hydrogen-bond donors (Lipinski definition) is 0. The van der Waals surface area contributed by atoms with Crippen molar-refractivity contribution in [3.8, 4) is 11.3 Å². The molecular weight excluding hydrogens is 400 g/mol. The van der Waals surface area contributed by atoms with Gasteiger partial charge in [0, 0.05) is 30.4 Å². The van der Waals surface area contributed by atoms with Gasteiger partial charge in [-0.05, 0) is 25.0 Å². The first-order valence-corrected chi connectivity index (χ1v) is 9.95. The molecule has 0 N–H and O–H groups in total. The van der Waals surface area contributed by atoms with Crippen LogP contribution < -0.4 is 0 Å². The molecule has 1 aromatic carbocycles. The first-order chi connectivity index (χ1) is 13.5. The van der Waals surface area contributed by atoms with Crippen LogP contribution in [0.25, 0.3) is 17.4 Å². The van der Waals surface area contributed by atoms with Gasteiger partial charge >= 0.3 is 0 Å². The number of thioether (sulfide) groups is 1. The van der Waals surface area contributed by atoms with Crippen molar-refractivity contribution in [1.29, 1.82) is 0 Å². The molecule has 0 aliphatic carbocycles. The van der Waals surface area contributed by atoms with Crippen LogP contribution in [0.4, 0.5) is 5.69 Å². The molecule has 0 saturated carbocycles. The molecule has 0 spiro atoms. The zero-order valence-electron chi connectivity index (χ0n) is 14.7. The molecule has 144 valence electrons. The summed E-state index contributed by atoms with van der Waals surface area (Å²) >= 11 is 6.58. The van der Waals surface area contributed by atoms with Gasteiger partial charge < -0.3 is 9.15 Å². The standard InChI is InChI=1S/C19H16N2O5S2/c22-18-17(28-19(27)20(18)11-15-5-2-8-25-15)10-14-6-7-16(26-14)12-3-1-4-13(9-12)21(23)24/h1,3-4,6-7,9-10,15H,2,5,8,11H2/b17-10+/t15-/m0/s1. The molecule has 2 fully saturated rings. The third-order valence-corrected chi connectivity index (χ3v) is 5.90. The number of thiocarbonyl (C=S) groups is 1. The van der Waals surface area contributed by atoms with Crippen LogP contribution in [-0.2, 0) is 9.53 Å². The summed E-state index contributed by atoms with van der Waals surface area (Å²) in [5, 5.41) is 10.9. The van der Waals surface area contributed by atoms with Crippen molar-refractivity contribution in [1.82, 2.24) is 4.90 Å². The highest BCUT2D eigenvalue weighted by atomic mass is 32.2. The third-order valence-electron chi connectivity index (χ3n) is 4.53. The van der Waals surface area contributed by atoms with E-state index in [1.807, 2.05) is 0 Å². The van der Waals surface area contributed by atoms with Gasteiger partial charge in [0.25, 0.3) is 11.6 Å². The Labute approximate surface area is 170 Å². The highest BCUT2D eigenvalue weighted by Gasteiger charge is 2.34. The van der Waals surface area contributed by atoms with E-state index < -0.39 is 4.92 Å². The fourth-order valence-electron chi connectivity index (χ4n) is 3.14. The van der Waals surface area contributed by atoms with Gasteiger partial charge in [0.15, 0.2) is 0 Å². The zero-order valence-corrected chi connectivity index (χ0v) is 16.3. The minimum Gasteiger partial charge on any atom is -0.457 e. The number of non-ortho nitro benzene ring substituents is 1. The van der Waals surface area contributed by atoms with Crippen LogP contribution in [0.3, 0.4) is 0 Å². The van der Waals surface area contributed by atoms with Crippen molar-refractivity contribution in [2.45, 2.75) is 18.9 Å². The lowest BCUT2D eigenvalue weighted by atomic mass is 10.1. The molecule has 1 amide bonds. The number of carbonyl (C=O) groups is 1. The Kier molecular flexibility index (Phi) is 5.29. The average Bonchev–Trinajstić information content (AvgIpc) is 3.41. The second-order valence-electron chi connectivity index (χ2n) is 6.44. The van der Waals surface area contributed by atoms with Crippen molar-refractivity contribution < 1.29 is 18.9 Å². The van der Waals surface area contributed by atoms with Crippen LogP contribution in [0.5, 0.6) is 0 Å². The normalized spacial score (nSPS) is 21.1. The molecule has 0 unspecified atom stereocenters. The topological polar surface area (TPSA) is 85.8 Å². The number of carbonyl (C=O) groups excluding carboxylic acids is 1. The van der Waals surface area contributed by atoms with Crippen molar-refractivity contribution in [3.63, 3.8) is 0 Å². The lowest BCUT2D eigenvalue weighted by molar-refractivity contribution is -0.384. The third kappa shape index (κ3) is 3.87. The van der Waals surface area contributed by atoms with E-state index in [1.165, 1.54) is 23.9 Å². The summed E-state index contributed by atoms with van der Waals surface area (Å²) in [4.78, 5) is 25.2. The van der Waals surface area contributed by atoms with Crippen LogP contribution in [0.15, 0.2) is 45.7 Å². The van der Waals surface area contributed by atoms with E-state index >= 15 is 0 Å². The summed E-state index contributed by atoms with van der Waals surface area (Å²) < 4.78 is 11.9. The molecule has 0 bridgehead atoms. The number of amides is 1. The minimum atomic E-state index is -0.452. The predicted octanol–water partition coefficient (Wildman–Crippen LogP) is 4.24. The summed E-state index contributed by atoms with van der Waals surface area (Å²) in [7, 11) is 0. The van der Waals surface area contributed by atoms with Crippen LogP contribution in [0, 0.1) is 10.1 Å². The highest BCUT2D eigenvalue weighted by Crippen LogP contribution is 2.34. The molecular formula is C19H16N2O5S2. The number of benzene rings is 1. The Hall–Kier alpha value is -2.49. The average molecular weight is 416 g/mol. The summed E-state index contributed by atoms with van der Waals surface area (Å²) in [6.07, 6.45) is 3.62. The largest absolute Gasteiger partial charge is 0.457 e. The number of nitrogens with zero attached hydrogens (tertiary/aromatic N) is 2. The van der Waals surface area contributed by atoms with Crippen molar-refractivity contribution in [3.05, 3.63) is 57.2 Å². The minimum absolute atomic E-state index is 0.00884. The van der Waals surface area contributed by atoms with Gasteiger partial charge in [-0.25, -0.2) is 0 Å². The molecule has 9 heteroatoms. The van der Waals surface area contributed by atoms with Crippen molar-refractivity contribution in [2.75, 3.05) is 13.2 Å². The summed E-state index contributed by atoms with van der Waals surface area (Å²) in [6, 6.07) is 9.65. The molecule has 1 aromatic heterocycles. The van der Waals surface area contributed by atoms with Gasteiger partial charge in [-0.3, -0.25) is 19.8 Å². The van der Waals surface area contributed by atoms with Gasteiger partial charge in [0.1, 0.15) is 15.8 Å². The van der Waals surface area contributed by atoms with E-state index in [0.717, 1.165) is 19.4 Å².